The zero-order chi connectivity index (χ0) is 18.4. The molecule has 0 fully saturated rings. The van der Waals surface area contributed by atoms with E-state index >= 15 is 0 Å². The zero-order valence-electron chi connectivity index (χ0n) is 14.1. The van der Waals surface area contributed by atoms with E-state index in [4.69, 9.17) is 23.2 Å². The molecule has 0 bridgehead atoms. The minimum Gasteiger partial charge on any atom is -0.350 e. The maximum atomic E-state index is 12.2. The van der Waals surface area contributed by atoms with Crippen LogP contribution in [0.2, 0.25) is 10.0 Å². The van der Waals surface area contributed by atoms with E-state index in [9.17, 15) is 9.59 Å². The van der Waals surface area contributed by atoms with Crippen molar-refractivity contribution in [2.24, 2.45) is 0 Å². The van der Waals surface area contributed by atoms with E-state index in [0.29, 0.717) is 15.7 Å². The van der Waals surface area contributed by atoms with E-state index in [1.807, 2.05) is 37.3 Å². The fourth-order valence-electron chi connectivity index (χ4n) is 2.50. The number of rotatable bonds is 6. The highest BCUT2D eigenvalue weighted by atomic mass is 35.5. The molecule has 2 amide bonds. The smallest absolute Gasteiger partial charge is 0.223 e. The molecule has 2 aromatic carbocycles. The molecular weight excluding hydrogens is 359 g/mol. The molecule has 1 atom stereocenters. The summed E-state index contributed by atoms with van der Waals surface area (Å²) in [6.45, 7) is 3.58. The lowest BCUT2D eigenvalue weighted by molar-refractivity contribution is -0.121. The summed E-state index contributed by atoms with van der Waals surface area (Å²) in [4.78, 5) is 25.6. The standard InChI is InChI=1S/C19H20Cl2N2O2/c1-13(15-7-4-3-5-8-15)22-18(25)11-12-23(14(2)24)17-10-6-9-16(20)19(17)21/h3-10,13H,11-12H2,1-2H3,(H,22,25). The molecule has 2 rings (SSSR count). The van der Waals surface area contributed by atoms with Crippen molar-refractivity contribution in [3.8, 4) is 0 Å². The summed E-state index contributed by atoms with van der Waals surface area (Å²) in [7, 11) is 0. The van der Waals surface area contributed by atoms with Gasteiger partial charge in [-0.1, -0.05) is 59.6 Å². The summed E-state index contributed by atoms with van der Waals surface area (Å²) in [5.74, 6) is -0.339. The topological polar surface area (TPSA) is 49.4 Å². The normalized spacial score (nSPS) is 11.7. The summed E-state index contributed by atoms with van der Waals surface area (Å²) < 4.78 is 0. The van der Waals surface area contributed by atoms with Crippen molar-refractivity contribution in [3.05, 3.63) is 64.1 Å². The molecule has 6 heteroatoms. The SMILES string of the molecule is CC(=O)N(CCC(=O)NC(C)c1ccccc1)c1cccc(Cl)c1Cl. The van der Waals surface area contributed by atoms with Gasteiger partial charge in [0.15, 0.2) is 0 Å². The number of benzene rings is 2. The van der Waals surface area contributed by atoms with Gasteiger partial charge in [-0.05, 0) is 24.6 Å². The Morgan fingerprint density at radius 2 is 1.76 bits per heavy atom. The second kappa shape index (κ2) is 8.88. The minimum atomic E-state index is -0.201. The summed E-state index contributed by atoms with van der Waals surface area (Å²) in [6.07, 6.45) is 0.166. The molecule has 25 heavy (non-hydrogen) atoms. The van der Waals surface area contributed by atoms with Gasteiger partial charge >= 0.3 is 0 Å². The molecule has 0 saturated heterocycles. The van der Waals surface area contributed by atoms with E-state index in [-0.39, 0.29) is 30.8 Å². The lowest BCUT2D eigenvalue weighted by Gasteiger charge is -2.23. The van der Waals surface area contributed by atoms with Gasteiger partial charge in [0, 0.05) is 19.9 Å². The first-order valence-electron chi connectivity index (χ1n) is 7.96. The van der Waals surface area contributed by atoms with E-state index in [1.165, 1.54) is 11.8 Å². The molecule has 1 N–H and O–H groups in total. The van der Waals surface area contributed by atoms with Gasteiger partial charge in [0.05, 0.1) is 21.8 Å². The minimum absolute atomic E-state index is 0.103. The molecule has 1 unspecified atom stereocenters. The summed E-state index contributed by atoms with van der Waals surface area (Å²) in [5, 5.41) is 3.60. The zero-order valence-corrected chi connectivity index (χ0v) is 15.6. The lowest BCUT2D eigenvalue weighted by Crippen LogP contribution is -2.34. The Kier molecular flexibility index (Phi) is 6.85. The Balaban J connectivity index is 2.00. The van der Waals surface area contributed by atoms with Crippen molar-refractivity contribution in [2.45, 2.75) is 26.3 Å². The van der Waals surface area contributed by atoms with Crippen LogP contribution in [0.5, 0.6) is 0 Å². The molecule has 0 spiro atoms. The van der Waals surface area contributed by atoms with Crippen molar-refractivity contribution < 1.29 is 9.59 Å². The Morgan fingerprint density at radius 1 is 1.08 bits per heavy atom. The highest BCUT2D eigenvalue weighted by Crippen LogP contribution is 2.32. The molecule has 2 aromatic rings. The molecule has 0 aliphatic rings. The number of carbonyl (C=O) groups is 2. The fourth-order valence-corrected chi connectivity index (χ4v) is 2.90. The van der Waals surface area contributed by atoms with Gasteiger partial charge in [0.2, 0.25) is 11.8 Å². The first-order chi connectivity index (χ1) is 11.9. The first kappa shape index (κ1) is 19.3. The number of anilines is 1. The molecule has 0 aliphatic carbocycles. The highest BCUT2D eigenvalue weighted by Gasteiger charge is 2.18. The number of hydrogen-bond acceptors (Lipinski definition) is 2. The number of nitrogens with zero attached hydrogens (tertiary/aromatic N) is 1. The molecule has 0 saturated carbocycles. The number of halogens is 2. The predicted octanol–water partition coefficient (Wildman–Crippen LogP) is 4.61. The number of nitrogens with one attached hydrogen (secondary N) is 1. The number of carbonyl (C=O) groups excluding carboxylic acids is 2. The summed E-state index contributed by atoms with van der Waals surface area (Å²) in [6, 6.07) is 14.7. The Labute approximate surface area is 157 Å². The van der Waals surface area contributed by atoms with Crippen LogP contribution in [0.15, 0.2) is 48.5 Å². The Morgan fingerprint density at radius 3 is 2.40 bits per heavy atom. The van der Waals surface area contributed by atoms with Gasteiger partial charge in [0.25, 0.3) is 0 Å². The second-order valence-electron chi connectivity index (χ2n) is 5.69. The third kappa shape index (κ3) is 5.21. The molecule has 0 radical (unpaired) electrons. The van der Waals surface area contributed by atoms with Crippen LogP contribution < -0.4 is 10.2 Å². The van der Waals surface area contributed by atoms with Gasteiger partial charge in [-0.2, -0.15) is 0 Å². The molecule has 132 valence electrons. The van der Waals surface area contributed by atoms with Crippen LogP contribution in [0.4, 0.5) is 5.69 Å². The van der Waals surface area contributed by atoms with Gasteiger partial charge in [-0.25, -0.2) is 0 Å². The van der Waals surface area contributed by atoms with Crippen LogP contribution in [-0.2, 0) is 9.59 Å². The molecular formula is C19H20Cl2N2O2. The average Bonchev–Trinajstić information content (AvgIpc) is 2.59. The van der Waals surface area contributed by atoms with E-state index < -0.39 is 0 Å². The van der Waals surface area contributed by atoms with Gasteiger partial charge < -0.3 is 10.2 Å². The summed E-state index contributed by atoms with van der Waals surface area (Å²) >= 11 is 12.2. The predicted molar refractivity (Wildman–Crippen MR) is 102 cm³/mol. The largest absolute Gasteiger partial charge is 0.350 e. The molecule has 0 aliphatic heterocycles. The van der Waals surface area contributed by atoms with E-state index in [2.05, 4.69) is 5.32 Å². The third-order valence-corrected chi connectivity index (χ3v) is 4.65. The lowest BCUT2D eigenvalue weighted by atomic mass is 10.1. The van der Waals surface area contributed by atoms with Crippen LogP contribution in [-0.4, -0.2) is 18.4 Å². The van der Waals surface area contributed by atoms with Crippen molar-refractivity contribution in [1.82, 2.24) is 5.32 Å². The fraction of sp³-hybridized carbons (Fsp3) is 0.263. The quantitative estimate of drug-likeness (QED) is 0.797. The maximum Gasteiger partial charge on any atom is 0.223 e. The third-order valence-electron chi connectivity index (χ3n) is 3.84. The van der Waals surface area contributed by atoms with Crippen LogP contribution in [0.3, 0.4) is 0 Å². The van der Waals surface area contributed by atoms with Gasteiger partial charge in [-0.15, -0.1) is 0 Å². The van der Waals surface area contributed by atoms with Gasteiger partial charge in [-0.3, -0.25) is 9.59 Å². The van der Waals surface area contributed by atoms with Crippen molar-refractivity contribution >= 4 is 40.7 Å². The van der Waals surface area contributed by atoms with E-state index in [1.54, 1.807) is 18.2 Å². The maximum absolute atomic E-state index is 12.2. The van der Waals surface area contributed by atoms with Crippen LogP contribution in [0.25, 0.3) is 0 Å². The number of amides is 2. The van der Waals surface area contributed by atoms with Crippen molar-refractivity contribution in [1.29, 1.82) is 0 Å². The molecule has 4 nitrogen and oxygen atoms in total. The Bertz CT molecular complexity index is 750. The van der Waals surface area contributed by atoms with Crippen LogP contribution in [0.1, 0.15) is 31.9 Å². The first-order valence-corrected chi connectivity index (χ1v) is 8.72. The summed E-state index contributed by atoms with van der Waals surface area (Å²) in [5.41, 5.74) is 1.53. The highest BCUT2D eigenvalue weighted by molar-refractivity contribution is 6.44. The van der Waals surface area contributed by atoms with Crippen molar-refractivity contribution in [3.63, 3.8) is 0 Å². The van der Waals surface area contributed by atoms with Crippen LogP contribution in [0, 0.1) is 0 Å². The second-order valence-corrected chi connectivity index (χ2v) is 6.48. The van der Waals surface area contributed by atoms with Gasteiger partial charge in [0.1, 0.15) is 0 Å². The molecule has 0 heterocycles. The Hall–Kier alpha value is -2.04. The molecule has 0 aromatic heterocycles. The monoisotopic (exact) mass is 378 g/mol. The number of hydrogen-bond donors (Lipinski definition) is 1. The average molecular weight is 379 g/mol. The van der Waals surface area contributed by atoms with Crippen molar-refractivity contribution in [2.75, 3.05) is 11.4 Å². The van der Waals surface area contributed by atoms with Crippen LogP contribution >= 0.6 is 23.2 Å². The van der Waals surface area contributed by atoms with E-state index in [0.717, 1.165) is 5.56 Å².